The number of hydrogen-bond donors (Lipinski definition) is 1. The molecule has 16 heavy (non-hydrogen) atoms. The molecule has 1 aromatic carbocycles. The van der Waals surface area contributed by atoms with Crippen LogP contribution in [0.1, 0.15) is 31.7 Å². The van der Waals surface area contributed by atoms with Crippen molar-refractivity contribution in [2.24, 2.45) is 5.92 Å². The minimum Gasteiger partial charge on any atom is -0.488 e. The van der Waals surface area contributed by atoms with Crippen molar-refractivity contribution < 1.29 is 9.84 Å². The van der Waals surface area contributed by atoms with E-state index in [0.29, 0.717) is 5.92 Å². The van der Waals surface area contributed by atoms with E-state index in [4.69, 9.17) is 4.74 Å². The average molecular weight is 220 g/mol. The molecule has 0 spiro atoms. The standard InChI is InChI=1S/C14H20O2/c1-10-3-6-12(7-4-10)16-14-8-5-11(2)9-13(14)15/h3-4,6-7,11,13-15H,5,8-9H2,1-2H3. The van der Waals surface area contributed by atoms with Gasteiger partial charge in [0.2, 0.25) is 0 Å². The molecule has 0 radical (unpaired) electrons. The van der Waals surface area contributed by atoms with Gasteiger partial charge in [0.1, 0.15) is 11.9 Å². The lowest BCUT2D eigenvalue weighted by atomic mass is 9.86. The minimum absolute atomic E-state index is 0.0288. The Hall–Kier alpha value is -1.02. The van der Waals surface area contributed by atoms with Gasteiger partial charge in [-0.05, 0) is 44.2 Å². The van der Waals surface area contributed by atoms with Gasteiger partial charge in [-0.25, -0.2) is 0 Å². The van der Waals surface area contributed by atoms with Crippen LogP contribution in [-0.2, 0) is 0 Å². The fraction of sp³-hybridized carbons (Fsp3) is 0.571. The predicted molar refractivity (Wildman–Crippen MR) is 64.6 cm³/mol. The average Bonchev–Trinajstić information content (AvgIpc) is 2.25. The first-order valence-corrected chi connectivity index (χ1v) is 6.06. The molecule has 1 fully saturated rings. The fourth-order valence-electron chi connectivity index (χ4n) is 2.25. The zero-order chi connectivity index (χ0) is 11.5. The van der Waals surface area contributed by atoms with E-state index < -0.39 is 0 Å². The van der Waals surface area contributed by atoms with Crippen LogP contribution < -0.4 is 4.74 Å². The first-order chi connectivity index (χ1) is 7.65. The maximum atomic E-state index is 9.93. The van der Waals surface area contributed by atoms with Crippen LogP contribution in [0.2, 0.25) is 0 Å². The second kappa shape index (κ2) is 4.88. The molecule has 2 nitrogen and oxygen atoms in total. The molecule has 0 heterocycles. The second-order valence-electron chi connectivity index (χ2n) is 4.95. The number of rotatable bonds is 2. The lowest BCUT2D eigenvalue weighted by Gasteiger charge is -2.31. The zero-order valence-corrected chi connectivity index (χ0v) is 10.0. The highest BCUT2D eigenvalue weighted by Crippen LogP contribution is 2.27. The molecule has 0 aromatic heterocycles. The molecule has 2 heteroatoms. The first-order valence-electron chi connectivity index (χ1n) is 6.06. The van der Waals surface area contributed by atoms with Gasteiger partial charge in [0.15, 0.2) is 0 Å². The van der Waals surface area contributed by atoms with Gasteiger partial charge in [0.25, 0.3) is 0 Å². The summed E-state index contributed by atoms with van der Waals surface area (Å²) in [5.74, 6) is 1.48. The van der Waals surface area contributed by atoms with Crippen LogP contribution in [0.5, 0.6) is 5.75 Å². The molecule has 0 bridgehead atoms. The normalized spacial score (nSPS) is 30.1. The molecule has 1 aromatic rings. The van der Waals surface area contributed by atoms with Crippen LogP contribution in [0.4, 0.5) is 0 Å². The highest BCUT2D eigenvalue weighted by molar-refractivity contribution is 5.26. The van der Waals surface area contributed by atoms with Gasteiger partial charge < -0.3 is 9.84 Å². The third kappa shape index (κ3) is 2.76. The van der Waals surface area contributed by atoms with E-state index in [9.17, 15) is 5.11 Å². The Balaban J connectivity index is 1.96. The second-order valence-corrected chi connectivity index (χ2v) is 4.95. The summed E-state index contributed by atoms with van der Waals surface area (Å²) in [5, 5.41) is 9.93. The summed E-state index contributed by atoms with van der Waals surface area (Å²) in [6.07, 6.45) is 2.62. The molecule has 1 N–H and O–H groups in total. The van der Waals surface area contributed by atoms with Gasteiger partial charge in [-0.3, -0.25) is 0 Å². The number of aryl methyl sites for hydroxylation is 1. The van der Waals surface area contributed by atoms with Crippen LogP contribution >= 0.6 is 0 Å². The molecule has 0 aliphatic heterocycles. The van der Waals surface area contributed by atoms with E-state index in [2.05, 4.69) is 13.8 Å². The topological polar surface area (TPSA) is 29.5 Å². The van der Waals surface area contributed by atoms with Crippen molar-refractivity contribution in [3.05, 3.63) is 29.8 Å². The molecule has 2 rings (SSSR count). The number of ether oxygens (including phenoxy) is 1. The quantitative estimate of drug-likeness (QED) is 0.830. The van der Waals surface area contributed by atoms with Crippen molar-refractivity contribution in [3.8, 4) is 5.75 Å². The van der Waals surface area contributed by atoms with Gasteiger partial charge in [-0.2, -0.15) is 0 Å². The zero-order valence-electron chi connectivity index (χ0n) is 10.0. The molecule has 1 aliphatic rings. The van der Waals surface area contributed by atoms with Crippen LogP contribution in [0.15, 0.2) is 24.3 Å². The maximum Gasteiger partial charge on any atom is 0.124 e. The van der Waals surface area contributed by atoms with Gasteiger partial charge in [0.05, 0.1) is 6.10 Å². The Kier molecular flexibility index (Phi) is 3.49. The summed E-state index contributed by atoms with van der Waals surface area (Å²) in [7, 11) is 0. The van der Waals surface area contributed by atoms with Gasteiger partial charge in [-0.15, -0.1) is 0 Å². The molecule has 3 atom stereocenters. The molecule has 0 saturated heterocycles. The maximum absolute atomic E-state index is 9.93. The Bertz CT molecular complexity index is 331. The highest BCUT2D eigenvalue weighted by Gasteiger charge is 2.28. The van der Waals surface area contributed by atoms with Gasteiger partial charge in [-0.1, -0.05) is 24.6 Å². The van der Waals surface area contributed by atoms with E-state index in [-0.39, 0.29) is 12.2 Å². The van der Waals surface area contributed by atoms with E-state index in [1.807, 2.05) is 24.3 Å². The molecule has 3 unspecified atom stereocenters. The van der Waals surface area contributed by atoms with Gasteiger partial charge in [0, 0.05) is 0 Å². The number of aliphatic hydroxyl groups is 1. The third-order valence-electron chi connectivity index (χ3n) is 3.33. The molecular formula is C14H20O2. The van der Waals surface area contributed by atoms with Crippen molar-refractivity contribution in [3.63, 3.8) is 0 Å². The molecule has 1 aliphatic carbocycles. The molecule has 1 saturated carbocycles. The molecular weight excluding hydrogens is 200 g/mol. The Morgan fingerprint density at radius 1 is 1.19 bits per heavy atom. The highest BCUT2D eigenvalue weighted by atomic mass is 16.5. The van der Waals surface area contributed by atoms with E-state index in [0.717, 1.165) is 25.0 Å². The summed E-state index contributed by atoms with van der Waals surface area (Å²) < 4.78 is 5.82. The van der Waals surface area contributed by atoms with Crippen molar-refractivity contribution in [1.82, 2.24) is 0 Å². The monoisotopic (exact) mass is 220 g/mol. The smallest absolute Gasteiger partial charge is 0.124 e. The lowest BCUT2D eigenvalue weighted by Crippen LogP contribution is -2.37. The Morgan fingerprint density at radius 3 is 2.50 bits per heavy atom. The van der Waals surface area contributed by atoms with E-state index >= 15 is 0 Å². The largest absolute Gasteiger partial charge is 0.488 e. The van der Waals surface area contributed by atoms with Crippen LogP contribution in [-0.4, -0.2) is 17.3 Å². The van der Waals surface area contributed by atoms with Crippen LogP contribution in [0.25, 0.3) is 0 Å². The number of benzene rings is 1. The van der Waals surface area contributed by atoms with Gasteiger partial charge >= 0.3 is 0 Å². The van der Waals surface area contributed by atoms with Crippen molar-refractivity contribution >= 4 is 0 Å². The summed E-state index contributed by atoms with van der Waals surface area (Å²) in [6, 6.07) is 8.01. The van der Waals surface area contributed by atoms with Crippen molar-refractivity contribution in [2.45, 2.75) is 45.3 Å². The minimum atomic E-state index is -0.315. The van der Waals surface area contributed by atoms with Crippen molar-refractivity contribution in [2.75, 3.05) is 0 Å². The number of hydrogen-bond acceptors (Lipinski definition) is 2. The summed E-state index contributed by atoms with van der Waals surface area (Å²) in [4.78, 5) is 0. The Labute approximate surface area is 97.3 Å². The molecule has 88 valence electrons. The lowest BCUT2D eigenvalue weighted by molar-refractivity contribution is -0.00798. The SMILES string of the molecule is Cc1ccc(OC2CCC(C)CC2O)cc1. The fourth-order valence-corrected chi connectivity index (χ4v) is 2.25. The summed E-state index contributed by atoms with van der Waals surface area (Å²) in [6.45, 7) is 4.24. The summed E-state index contributed by atoms with van der Waals surface area (Å²) in [5.41, 5.74) is 1.23. The summed E-state index contributed by atoms with van der Waals surface area (Å²) >= 11 is 0. The first kappa shape index (κ1) is 11.5. The molecule has 0 amide bonds. The van der Waals surface area contributed by atoms with Crippen LogP contribution in [0.3, 0.4) is 0 Å². The van der Waals surface area contributed by atoms with Crippen LogP contribution in [0, 0.1) is 12.8 Å². The Morgan fingerprint density at radius 2 is 1.88 bits per heavy atom. The number of aliphatic hydroxyl groups excluding tert-OH is 1. The van der Waals surface area contributed by atoms with E-state index in [1.165, 1.54) is 5.56 Å². The van der Waals surface area contributed by atoms with E-state index in [1.54, 1.807) is 0 Å². The predicted octanol–water partition coefficient (Wildman–Crippen LogP) is 2.92. The van der Waals surface area contributed by atoms with Crippen molar-refractivity contribution in [1.29, 1.82) is 0 Å². The third-order valence-corrected chi connectivity index (χ3v) is 3.33.